The van der Waals surface area contributed by atoms with Gasteiger partial charge in [-0.25, -0.2) is 9.37 Å². The van der Waals surface area contributed by atoms with Gasteiger partial charge in [0.2, 0.25) is 0 Å². The van der Waals surface area contributed by atoms with E-state index in [4.69, 9.17) is 10.5 Å². The summed E-state index contributed by atoms with van der Waals surface area (Å²) >= 11 is 0. The Morgan fingerprint density at radius 3 is 2.53 bits per heavy atom. The number of benzene rings is 2. The van der Waals surface area contributed by atoms with Crippen LogP contribution in [0.25, 0.3) is 11.1 Å². The fraction of sp³-hybridized carbons (Fsp3) is 0.357. The van der Waals surface area contributed by atoms with E-state index < -0.39 is 23.7 Å². The third-order valence-corrected chi connectivity index (χ3v) is 6.57. The number of ether oxygens (including phenoxy) is 1. The van der Waals surface area contributed by atoms with Gasteiger partial charge >= 0.3 is 6.18 Å². The molecular formula is C28H30F4N4O2. The molecule has 0 saturated carbocycles. The van der Waals surface area contributed by atoms with Crippen LogP contribution in [0.3, 0.4) is 0 Å². The summed E-state index contributed by atoms with van der Waals surface area (Å²) < 4.78 is 60.1. The molecule has 0 bridgehead atoms. The molecule has 3 N–H and O–H groups in total. The molecule has 3 aromatic rings. The second-order valence-electron chi connectivity index (χ2n) is 9.30. The lowest BCUT2D eigenvalue weighted by atomic mass is 10.0. The molecule has 1 unspecified atom stereocenters. The van der Waals surface area contributed by atoms with Gasteiger partial charge in [-0.2, -0.15) is 13.2 Å². The number of hydrogen-bond acceptors (Lipinski definition) is 5. The standard InChI is InChI=1S/C28H30F4N4O2/c1-18(22-6-4-7-23(29)25(22)28(30,31)32)38-24-16-21(17-35-26(24)33)19-8-10-20(11-9-19)27(37)34-12-5-15-36-13-2-3-14-36/h4,6-11,16-18H,2-3,5,12-15H2,1H3,(H2,33,35)(H,34,37). The van der Waals surface area contributed by atoms with Crippen LogP contribution >= 0.6 is 0 Å². The minimum atomic E-state index is -4.88. The van der Waals surface area contributed by atoms with Gasteiger partial charge in [0.05, 0.1) is 5.56 Å². The molecule has 4 rings (SSSR count). The van der Waals surface area contributed by atoms with Crippen molar-refractivity contribution in [2.75, 3.05) is 31.9 Å². The summed E-state index contributed by atoms with van der Waals surface area (Å²) in [5.41, 5.74) is 6.01. The minimum Gasteiger partial charge on any atom is -0.482 e. The highest BCUT2D eigenvalue weighted by atomic mass is 19.4. The third-order valence-electron chi connectivity index (χ3n) is 6.57. The maximum absolute atomic E-state index is 14.0. The quantitative estimate of drug-likeness (QED) is 0.268. The van der Waals surface area contributed by atoms with Crippen molar-refractivity contribution in [1.82, 2.24) is 15.2 Å². The predicted octanol–water partition coefficient (Wildman–Crippen LogP) is 5.84. The Kier molecular flexibility index (Phi) is 8.51. The van der Waals surface area contributed by atoms with E-state index in [1.54, 1.807) is 30.3 Å². The summed E-state index contributed by atoms with van der Waals surface area (Å²) in [6.07, 6.45) is -1.17. The average molecular weight is 531 g/mol. The number of nitrogens with two attached hydrogens (primary N) is 1. The van der Waals surface area contributed by atoms with Gasteiger partial charge in [0, 0.05) is 29.4 Å². The summed E-state index contributed by atoms with van der Waals surface area (Å²) in [6, 6.07) is 11.5. The first-order valence-electron chi connectivity index (χ1n) is 12.5. The first kappa shape index (κ1) is 27.4. The number of rotatable bonds is 9. The first-order valence-corrected chi connectivity index (χ1v) is 12.5. The zero-order chi connectivity index (χ0) is 27.3. The molecule has 1 atom stereocenters. The van der Waals surface area contributed by atoms with E-state index in [-0.39, 0.29) is 23.0 Å². The Balaban J connectivity index is 1.42. The lowest BCUT2D eigenvalue weighted by Gasteiger charge is -2.21. The largest absolute Gasteiger partial charge is 0.482 e. The van der Waals surface area contributed by atoms with Crippen LogP contribution in [0.2, 0.25) is 0 Å². The molecule has 1 amide bonds. The number of anilines is 1. The Hall–Kier alpha value is -3.66. The number of likely N-dealkylation sites (tertiary alicyclic amines) is 1. The van der Waals surface area contributed by atoms with Gasteiger partial charge < -0.3 is 20.7 Å². The van der Waals surface area contributed by atoms with Crippen LogP contribution in [-0.2, 0) is 6.18 Å². The van der Waals surface area contributed by atoms with E-state index >= 15 is 0 Å². The van der Waals surface area contributed by atoms with Gasteiger partial charge in [0.15, 0.2) is 11.6 Å². The number of amides is 1. The van der Waals surface area contributed by atoms with Gasteiger partial charge in [-0.3, -0.25) is 4.79 Å². The fourth-order valence-electron chi connectivity index (χ4n) is 4.57. The summed E-state index contributed by atoms with van der Waals surface area (Å²) in [5, 5.41) is 2.93. The highest BCUT2D eigenvalue weighted by Gasteiger charge is 2.38. The van der Waals surface area contributed by atoms with Gasteiger partial charge in [0.1, 0.15) is 11.9 Å². The molecule has 1 fully saturated rings. The predicted molar refractivity (Wildman–Crippen MR) is 137 cm³/mol. The molecule has 2 aromatic carbocycles. The Morgan fingerprint density at radius 2 is 1.84 bits per heavy atom. The van der Waals surface area contributed by atoms with Crippen molar-refractivity contribution in [3.05, 3.63) is 77.2 Å². The fourth-order valence-corrected chi connectivity index (χ4v) is 4.57. The number of pyridine rings is 1. The lowest BCUT2D eigenvalue weighted by Crippen LogP contribution is -2.28. The molecule has 1 aromatic heterocycles. The molecule has 1 aliphatic heterocycles. The zero-order valence-electron chi connectivity index (χ0n) is 21.0. The van der Waals surface area contributed by atoms with Crippen LogP contribution in [0, 0.1) is 5.82 Å². The number of carbonyl (C=O) groups is 1. The minimum absolute atomic E-state index is 0.0181. The number of alkyl halides is 3. The monoisotopic (exact) mass is 530 g/mol. The molecule has 0 radical (unpaired) electrons. The summed E-state index contributed by atoms with van der Waals surface area (Å²) in [7, 11) is 0. The Labute approximate surface area is 218 Å². The number of carbonyl (C=O) groups excluding carboxylic acids is 1. The van der Waals surface area contributed by atoms with Gasteiger partial charge in [-0.05, 0) is 75.6 Å². The maximum Gasteiger partial charge on any atom is 0.419 e. The van der Waals surface area contributed by atoms with Crippen molar-refractivity contribution in [2.45, 2.75) is 38.5 Å². The number of nitrogens with zero attached hydrogens (tertiary/aromatic N) is 2. The molecule has 10 heteroatoms. The molecule has 2 heterocycles. The van der Waals surface area contributed by atoms with Gasteiger partial charge in [-0.15, -0.1) is 0 Å². The van der Waals surface area contributed by atoms with E-state index in [9.17, 15) is 22.4 Å². The van der Waals surface area contributed by atoms with Crippen molar-refractivity contribution >= 4 is 11.7 Å². The number of nitrogen functional groups attached to an aromatic ring is 1. The molecule has 0 spiro atoms. The molecule has 1 saturated heterocycles. The van der Waals surface area contributed by atoms with Crippen molar-refractivity contribution in [1.29, 1.82) is 0 Å². The smallest absolute Gasteiger partial charge is 0.419 e. The van der Waals surface area contributed by atoms with E-state index in [0.29, 0.717) is 23.2 Å². The Morgan fingerprint density at radius 1 is 1.13 bits per heavy atom. The third kappa shape index (κ3) is 6.61. The zero-order valence-corrected chi connectivity index (χ0v) is 21.0. The molecule has 38 heavy (non-hydrogen) atoms. The van der Waals surface area contributed by atoms with Gasteiger partial charge in [0.25, 0.3) is 5.91 Å². The van der Waals surface area contributed by atoms with Crippen LogP contribution in [0.4, 0.5) is 23.4 Å². The molecule has 0 aliphatic carbocycles. The van der Waals surface area contributed by atoms with Crippen molar-refractivity contribution in [3.8, 4) is 16.9 Å². The van der Waals surface area contributed by atoms with Gasteiger partial charge in [-0.1, -0.05) is 24.3 Å². The SMILES string of the molecule is CC(Oc1cc(-c2ccc(C(=O)NCCCN3CCCC3)cc2)cnc1N)c1cccc(F)c1C(F)(F)F. The topological polar surface area (TPSA) is 80.5 Å². The summed E-state index contributed by atoms with van der Waals surface area (Å²) in [5.74, 6) is -1.49. The second-order valence-corrected chi connectivity index (χ2v) is 9.30. The van der Waals surface area contributed by atoms with E-state index in [2.05, 4.69) is 15.2 Å². The number of aromatic nitrogens is 1. The van der Waals surface area contributed by atoms with Crippen molar-refractivity contribution < 1.29 is 27.1 Å². The summed E-state index contributed by atoms with van der Waals surface area (Å²) in [6.45, 7) is 5.21. The second kappa shape index (κ2) is 11.8. The Bertz CT molecular complexity index is 1260. The van der Waals surface area contributed by atoms with Crippen LogP contribution in [-0.4, -0.2) is 42.0 Å². The normalized spacial score (nSPS) is 14.9. The molecular weight excluding hydrogens is 500 g/mol. The van der Waals surface area contributed by atoms with E-state index in [0.717, 1.165) is 32.1 Å². The average Bonchev–Trinajstić information content (AvgIpc) is 3.40. The lowest BCUT2D eigenvalue weighted by molar-refractivity contribution is -0.141. The van der Waals surface area contributed by atoms with E-state index in [1.165, 1.54) is 38.1 Å². The highest BCUT2D eigenvalue weighted by Crippen LogP contribution is 2.38. The molecule has 1 aliphatic rings. The highest BCUT2D eigenvalue weighted by molar-refractivity contribution is 5.94. The first-order chi connectivity index (χ1) is 18.1. The van der Waals surface area contributed by atoms with E-state index in [1.807, 2.05) is 0 Å². The van der Waals surface area contributed by atoms with Crippen molar-refractivity contribution in [3.63, 3.8) is 0 Å². The van der Waals surface area contributed by atoms with Crippen LogP contribution in [0.1, 0.15) is 53.8 Å². The molecule has 202 valence electrons. The number of halogens is 4. The van der Waals surface area contributed by atoms with Crippen LogP contribution < -0.4 is 15.8 Å². The number of hydrogen-bond donors (Lipinski definition) is 2. The number of nitrogens with one attached hydrogen (secondary N) is 1. The van der Waals surface area contributed by atoms with Crippen LogP contribution in [0.5, 0.6) is 5.75 Å². The molecule has 6 nitrogen and oxygen atoms in total. The van der Waals surface area contributed by atoms with Crippen molar-refractivity contribution in [2.24, 2.45) is 0 Å². The van der Waals surface area contributed by atoms with Crippen LogP contribution in [0.15, 0.2) is 54.7 Å². The maximum atomic E-state index is 14.0. The summed E-state index contributed by atoms with van der Waals surface area (Å²) in [4.78, 5) is 19.0.